The number of nitriles is 1. The van der Waals surface area contributed by atoms with Crippen LogP contribution >= 0.6 is 11.3 Å². The highest BCUT2D eigenvalue weighted by molar-refractivity contribution is 7.20. The summed E-state index contributed by atoms with van der Waals surface area (Å²) in [7, 11) is 1.93. The SMILES string of the molecule is CN(CCC#N)c1nn2cc(-c3cccnc3)nc2s1. The largest absolute Gasteiger partial charge is 0.349 e. The summed E-state index contributed by atoms with van der Waals surface area (Å²) >= 11 is 1.51. The minimum absolute atomic E-state index is 0.485. The monoisotopic (exact) mass is 284 g/mol. The van der Waals surface area contributed by atoms with Crippen molar-refractivity contribution in [2.45, 2.75) is 6.42 Å². The van der Waals surface area contributed by atoms with E-state index in [0.29, 0.717) is 13.0 Å². The van der Waals surface area contributed by atoms with Crippen LogP contribution in [0.15, 0.2) is 30.7 Å². The molecule has 0 fully saturated rings. The molecule has 0 aliphatic rings. The number of hydrogen-bond donors (Lipinski definition) is 0. The van der Waals surface area contributed by atoms with Crippen LogP contribution in [0.5, 0.6) is 0 Å². The highest BCUT2D eigenvalue weighted by atomic mass is 32.1. The normalized spacial score (nSPS) is 10.6. The topological polar surface area (TPSA) is 70.1 Å². The fourth-order valence-corrected chi connectivity index (χ4v) is 2.68. The van der Waals surface area contributed by atoms with E-state index in [0.717, 1.165) is 21.3 Å². The number of pyridine rings is 1. The Morgan fingerprint density at radius 1 is 1.50 bits per heavy atom. The molecule has 3 aromatic heterocycles. The Morgan fingerprint density at radius 2 is 2.40 bits per heavy atom. The summed E-state index contributed by atoms with van der Waals surface area (Å²) < 4.78 is 1.77. The third-order valence-corrected chi connectivity index (χ3v) is 3.91. The van der Waals surface area contributed by atoms with Crippen molar-refractivity contribution in [2.75, 3.05) is 18.5 Å². The number of fused-ring (bicyclic) bond motifs is 1. The van der Waals surface area contributed by atoms with E-state index in [9.17, 15) is 0 Å². The van der Waals surface area contributed by atoms with Gasteiger partial charge < -0.3 is 4.90 Å². The second kappa shape index (κ2) is 5.27. The van der Waals surface area contributed by atoms with Crippen molar-refractivity contribution < 1.29 is 0 Å². The van der Waals surface area contributed by atoms with Crippen LogP contribution in [0.2, 0.25) is 0 Å². The van der Waals surface area contributed by atoms with E-state index in [1.165, 1.54) is 11.3 Å². The zero-order valence-electron chi connectivity index (χ0n) is 10.9. The molecule has 0 aliphatic heterocycles. The van der Waals surface area contributed by atoms with Crippen molar-refractivity contribution in [3.63, 3.8) is 0 Å². The van der Waals surface area contributed by atoms with E-state index in [1.807, 2.05) is 30.3 Å². The molecule has 0 saturated carbocycles. The highest BCUT2D eigenvalue weighted by Crippen LogP contribution is 2.25. The number of rotatable bonds is 4. The average molecular weight is 284 g/mol. The number of anilines is 1. The van der Waals surface area contributed by atoms with Crippen molar-refractivity contribution in [3.8, 4) is 17.3 Å². The van der Waals surface area contributed by atoms with Crippen molar-refractivity contribution in [1.82, 2.24) is 19.6 Å². The van der Waals surface area contributed by atoms with Gasteiger partial charge in [-0.1, -0.05) is 11.3 Å². The van der Waals surface area contributed by atoms with E-state index in [-0.39, 0.29) is 0 Å². The average Bonchev–Trinajstić information content (AvgIpc) is 3.04. The van der Waals surface area contributed by atoms with Crippen LogP contribution < -0.4 is 4.90 Å². The first-order chi connectivity index (χ1) is 9.78. The van der Waals surface area contributed by atoms with Crippen LogP contribution in [0.1, 0.15) is 6.42 Å². The minimum Gasteiger partial charge on any atom is -0.349 e. The summed E-state index contributed by atoms with van der Waals surface area (Å²) in [6.45, 7) is 0.669. The summed E-state index contributed by atoms with van der Waals surface area (Å²) in [4.78, 5) is 11.4. The Kier molecular flexibility index (Phi) is 3.31. The van der Waals surface area contributed by atoms with Gasteiger partial charge in [-0.05, 0) is 12.1 Å². The molecule has 0 N–H and O–H groups in total. The first-order valence-corrected chi connectivity index (χ1v) is 6.94. The highest BCUT2D eigenvalue weighted by Gasteiger charge is 2.12. The zero-order valence-corrected chi connectivity index (χ0v) is 11.7. The predicted molar refractivity (Wildman–Crippen MR) is 77.6 cm³/mol. The van der Waals surface area contributed by atoms with Crippen molar-refractivity contribution in [1.29, 1.82) is 5.26 Å². The van der Waals surface area contributed by atoms with Gasteiger partial charge in [-0.3, -0.25) is 4.98 Å². The molecule has 3 aromatic rings. The molecule has 0 aliphatic carbocycles. The zero-order chi connectivity index (χ0) is 13.9. The molecule has 0 unspecified atom stereocenters. The molecular weight excluding hydrogens is 272 g/mol. The predicted octanol–water partition coefficient (Wildman–Crippen LogP) is 2.20. The summed E-state index contributed by atoms with van der Waals surface area (Å²) in [5.74, 6) is 0. The Hall–Kier alpha value is -2.46. The minimum atomic E-state index is 0.485. The number of hydrogen-bond acceptors (Lipinski definition) is 6. The number of nitrogens with zero attached hydrogens (tertiary/aromatic N) is 6. The Morgan fingerprint density at radius 3 is 3.10 bits per heavy atom. The Balaban J connectivity index is 1.88. The van der Waals surface area contributed by atoms with Crippen LogP contribution in [0.25, 0.3) is 16.2 Å². The lowest BCUT2D eigenvalue weighted by molar-refractivity contribution is 0.863. The van der Waals surface area contributed by atoms with Gasteiger partial charge in [-0.25, -0.2) is 9.50 Å². The van der Waals surface area contributed by atoms with E-state index in [1.54, 1.807) is 16.9 Å². The van der Waals surface area contributed by atoms with E-state index < -0.39 is 0 Å². The number of aromatic nitrogens is 4. The molecule has 0 amide bonds. The van der Waals surface area contributed by atoms with Crippen LogP contribution in [-0.2, 0) is 0 Å². The molecule has 3 rings (SSSR count). The first kappa shape index (κ1) is 12.6. The summed E-state index contributed by atoms with van der Waals surface area (Å²) in [6, 6.07) is 5.99. The Labute approximate surface area is 119 Å². The molecule has 7 heteroatoms. The van der Waals surface area contributed by atoms with Gasteiger partial charge in [0.25, 0.3) is 0 Å². The molecule has 3 heterocycles. The van der Waals surface area contributed by atoms with E-state index in [4.69, 9.17) is 5.26 Å². The van der Waals surface area contributed by atoms with Gasteiger partial charge in [0.05, 0.1) is 24.4 Å². The lowest BCUT2D eigenvalue weighted by Gasteiger charge is -2.11. The fraction of sp³-hybridized carbons (Fsp3) is 0.231. The maximum absolute atomic E-state index is 8.61. The van der Waals surface area contributed by atoms with Gasteiger partial charge >= 0.3 is 0 Å². The molecule has 0 bridgehead atoms. The van der Waals surface area contributed by atoms with Crippen LogP contribution in [0.4, 0.5) is 5.13 Å². The van der Waals surface area contributed by atoms with Gasteiger partial charge in [0, 0.05) is 31.5 Å². The molecule has 0 atom stereocenters. The summed E-state index contributed by atoms with van der Waals surface area (Å²) in [6.07, 6.45) is 5.90. The molecule has 100 valence electrons. The van der Waals surface area contributed by atoms with Gasteiger partial charge in [0.2, 0.25) is 10.1 Å². The number of imidazole rings is 1. The van der Waals surface area contributed by atoms with Crippen LogP contribution in [0, 0.1) is 11.3 Å². The van der Waals surface area contributed by atoms with Gasteiger partial charge in [-0.15, -0.1) is 5.10 Å². The van der Waals surface area contributed by atoms with E-state index >= 15 is 0 Å². The quantitative estimate of drug-likeness (QED) is 0.734. The third kappa shape index (κ3) is 2.33. The summed E-state index contributed by atoms with van der Waals surface area (Å²) in [5.41, 5.74) is 1.84. The molecule has 0 saturated heterocycles. The van der Waals surface area contributed by atoms with Gasteiger partial charge in [0.15, 0.2) is 0 Å². The van der Waals surface area contributed by atoms with Crippen LogP contribution in [-0.4, -0.2) is 33.2 Å². The van der Waals surface area contributed by atoms with Crippen molar-refractivity contribution >= 4 is 21.4 Å². The summed E-state index contributed by atoms with van der Waals surface area (Å²) in [5, 5.41) is 13.9. The molecule has 0 spiro atoms. The molecule has 0 radical (unpaired) electrons. The molecule has 0 aromatic carbocycles. The van der Waals surface area contributed by atoms with Gasteiger partial charge in [-0.2, -0.15) is 5.26 Å². The third-order valence-electron chi connectivity index (χ3n) is 2.88. The maximum atomic E-state index is 8.61. The second-order valence-corrected chi connectivity index (χ2v) is 5.24. The first-order valence-electron chi connectivity index (χ1n) is 6.12. The fourth-order valence-electron chi connectivity index (χ4n) is 1.81. The smallest absolute Gasteiger partial charge is 0.214 e. The Bertz CT molecular complexity index is 723. The standard InChI is InChI=1S/C13H12N6S/c1-18(7-3-5-14)13-17-19-9-11(16-12(19)20-13)10-4-2-6-15-8-10/h2,4,6,8-9H,3,7H2,1H3. The second-order valence-electron chi connectivity index (χ2n) is 4.31. The van der Waals surface area contributed by atoms with Crippen molar-refractivity contribution in [3.05, 3.63) is 30.7 Å². The molecule has 20 heavy (non-hydrogen) atoms. The molecular formula is C13H12N6S. The lowest BCUT2D eigenvalue weighted by Crippen LogP contribution is -2.17. The van der Waals surface area contributed by atoms with Crippen molar-refractivity contribution in [2.24, 2.45) is 0 Å². The van der Waals surface area contributed by atoms with Crippen LogP contribution in [0.3, 0.4) is 0 Å². The molecule has 6 nitrogen and oxygen atoms in total. The lowest BCUT2D eigenvalue weighted by atomic mass is 10.2. The van der Waals surface area contributed by atoms with Gasteiger partial charge in [0.1, 0.15) is 0 Å². The van der Waals surface area contributed by atoms with E-state index in [2.05, 4.69) is 21.1 Å². The maximum Gasteiger partial charge on any atom is 0.214 e.